The van der Waals surface area contributed by atoms with Crippen molar-refractivity contribution in [2.75, 3.05) is 7.11 Å². The van der Waals surface area contributed by atoms with Gasteiger partial charge < -0.3 is 9.47 Å². The molecule has 1 rings (SSSR count). The lowest BCUT2D eigenvalue weighted by atomic mass is 10.2. The van der Waals surface area contributed by atoms with Gasteiger partial charge in [0.1, 0.15) is 5.75 Å². The van der Waals surface area contributed by atoms with Gasteiger partial charge in [-0.2, -0.15) is 0 Å². The van der Waals surface area contributed by atoms with Crippen LogP contribution in [0.4, 0.5) is 0 Å². The Morgan fingerprint density at radius 3 is 2.35 bits per heavy atom. The highest BCUT2D eigenvalue weighted by Gasteiger charge is 2.26. The van der Waals surface area contributed by atoms with E-state index < -0.39 is 17.9 Å². The van der Waals surface area contributed by atoms with Crippen molar-refractivity contribution in [1.29, 1.82) is 0 Å². The number of hydrogen-bond donors (Lipinski definition) is 0. The Hall–Kier alpha value is -1.26. The summed E-state index contributed by atoms with van der Waals surface area (Å²) in [5.74, 6) is -0.948. The van der Waals surface area contributed by atoms with E-state index in [1.54, 1.807) is 0 Å². The number of Topliss-reactive ketones (excluding diaryl/α,β-unsaturated/α-hetero) is 1. The summed E-state index contributed by atoms with van der Waals surface area (Å²) in [5, 5.41) is 0.632. The predicted octanol–water partition coefficient (Wildman–Crippen LogP) is 2.50. The quantitative estimate of drug-likeness (QED) is 0.626. The summed E-state index contributed by atoms with van der Waals surface area (Å²) in [7, 11) is 1.18. The van der Waals surface area contributed by atoms with Crippen LogP contribution in [-0.2, 0) is 14.3 Å². The van der Waals surface area contributed by atoms with Crippen LogP contribution < -0.4 is 4.74 Å². The van der Waals surface area contributed by atoms with Gasteiger partial charge in [0.05, 0.1) is 17.2 Å². The Labute approximate surface area is 108 Å². The Bertz CT molecular complexity index is 445. The van der Waals surface area contributed by atoms with Crippen LogP contribution in [0.15, 0.2) is 18.2 Å². The van der Waals surface area contributed by atoms with Gasteiger partial charge in [0.25, 0.3) is 6.10 Å². The van der Waals surface area contributed by atoms with E-state index in [4.69, 9.17) is 27.9 Å². The molecule has 1 aromatic carbocycles. The van der Waals surface area contributed by atoms with Crippen LogP contribution in [0, 0.1) is 0 Å². The monoisotopic (exact) mass is 276 g/mol. The molecule has 0 aliphatic carbocycles. The first kappa shape index (κ1) is 13.8. The van der Waals surface area contributed by atoms with Gasteiger partial charge in [0, 0.05) is 6.07 Å². The average Bonchev–Trinajstić information content (AvgIpc) is 2.29. The number of ether oxygens (including phenoxy) is 2. The summed E-state index contributed by atoms with van der Waals surface area (Å²) in [5.41, 5.74) is 0. The number of hydrogen-bond acceptors (Lipinski definition) is 4. The number of carbonyl (C=O) groups excluding carboxylic acids is 2. The second kappa shape index (κ2) is 5.89. The highest BCUT2D eigenvalue weighted by atomic mass is 35.5. The lowest BCUT2D eigenvalue weighted by Crippen LogP contribution is -2.35. The van der Waals surface area contributed by atoms with Crippen molar-refractivity contribution in [1.82, 2.24) is 0 Å². The van der Waals surface area contributed by atoms with Crippen LogP contribution in [0.1, 0.15) is 6.92 Å². The zero-order valence-electron chi connectivity index (χ0n) is 9.20. The van der Waals surface area contributed by atoms with Crippen LogP contribution >= 0.6 is 23.2 Å². The van der Waals surface area contributed by atoms with E-state index in [2.05, 4.69) is 4.74 Å². The number of halogens is 2. The Balaban J connectivity index is 2.90. The second-order valence-corrected chi connectivity index (χ2v) is 4.02. The van der Waals surface area contributed by atoms with Crippen molar-refractivity contribution in [2.45, 2.75) is 13.0 Å². The van der Waals surface area contributed by atoms with Gasteiger partial charge in [0.15, 0.2) is 5.78 Å². The van der Waals surface area contributed by atoms with E-state index >= 15 is 0 Å². The molecule has 0 saturated heterocycles. The predicted molar refractivity (Wildman–Crippen MR) is 63.6 cm³/mol. The number of rotatable bonds is 4. The molecule has 0 N–H and O–H groups in total. The van der Waals surface area contributed by atoms with Crippen molar-refractivity contribution < 1.29 is 19.1 Å². The molecular weight excluding hydrogens is 267 g/mol. The molecule has 0 radical (unpaired) electrons. The maximum Gasteiger partial charge on any atom is 0.354 e. The molecule has 0 aliphatic rings. The van der Waals surface area contributed by atoms with Crippen molar-refractivity contribution in [3.63, 3.8) is 0 Å². The highest BCUT2D eigenvalue weighted by molar-refractivity contribution is 6.42. The number of ketones is 1. The van der Waals surface area contributed by atoms with Gasteiger partial charge >= 0.3 is 5.97 Å². The Kier molecular flexibility index (Phi) is 4.78. The van der Waals surface area contributed by atoms with Gasteiger partial charge in [0.2, 0.25) is 0 Å². The summed E-state index contributed by atoms with van der Waals surface area (Å²) >= 11 is 11.5. The third kappa shape index (κ3) is 3.61. The molecule has 0 aliphatic heterocycles. The fraction of sp³-hybridized carbons (Fsp3) is 0.273. The van der Waals surface area contributed by atoms with E-state index in [1.165, 1.54) is 32.2 Å². The first-order valence-electron chi connectivity index (χ1n) is 4.65. The molecule has 0 bridgehead atoms. The molecule has 0 fully saturated rings. The zero-order chi connectivity index (χ0) is 13.0. The van der Waals surface area contributed by atoms with Crippen LogP contribution in [0.25, 0.3) is 0 Å². The maximum atomic E-state index is 11.3. The average molecular weight is 277 g/mol. The minimum atomic E-state index is -1.29. The molecule has 0 aromatic heterocycles. The van der Waals surface area contributed by atoms with Gasteiger partial charge in [-0.3, -0.25) is 4.79 Å². The first-order valence-corrected chi connectivity index (χ1v) is 5.41. The Morgan fingerprint density at radius 1 is 1.24 bits per heavy atom. The van der Waals surface area contributed by atoms with Crippen molar-refractivity contribution in [3.05, 3.63) is 28.2 Å². The summed E-state index contributed by atoms with van der Waals surface area (Å²) in [6, 6.07) is 4.43. The molecule has 6 heteroatoms. The number of carbonyl (C=O) groups is 2. The smallest absolute Gasteiger partial charge is 0.354 e. The molecule has 92 valence electrons. The molecule has 0 unspecified atom stereocenters. The third-order valence-corrected chi connectivity index (χ3v) is 2.67. The molecule has 0 spiro atoms. The van der Waals surface area contributed by atoms with Gasteiger partial charge in [-0.25, -0.2) is 4.79 Å². The number of esters is 1. The number of methoxy groups -OCH3 is 1. The molecule has 0 saturated carbocycles. The standard InChI is InChI=1S/C11H10Cl2O4/c1-6(14)10(11(15)16-2)17-7-3-4-8(12)9(13)5-7/h3-5,10H,1-2H3/t10-/m1/s1. The van der Waals surface area contributed by atoms with Crippen LogP contribution in [-0.4, -0.2) is 25.0 Å². The van der Waals surface area contributed by atoms with Crippen LogP contribution in [0.5, 0.6) is 5.75 Å². The van der Waals surface area contributed by atoms with Crippen molar-refractivity contribution in [3.8, 4) is 5.75 Å². The minimum Gasteiger partial charge on any atom is -0.471 e. The lowest BCUT2D eigenvalue weighted by Gasteiger charge is -2.14. The SMILES string of the molecule is COC(=O)[C@H](Oc1ccc(Cl)c(Cl)c1)C(C)=O. The number of benzene rings is 1. The van der Waals surface area contributed by atoms with E-state index in [0.29, 0.717) is 5.02 Å². The second-order valence-electron chi connectivity index (χ2n) is 3.21. The zero-order valence-corrected chi connectivity index (χ0v) is 10.7. The maximum absolute atomic E-state index is 11.3. The molecule has 0 heterocycles. The summed E-state index contributed by atoms with van der Waals surface area (Å²) < 4.78 is 9.65. The topological polar surface area (TPSA) is 52.6 Å². The van der Waals surface area contributed by atoms with Gasteiger partial charge in [-0.15, -0.1) is 0 Å². The lowest BCUT2D eigenvalue weighted by molar-refractivity contribution is -0.152. The van der Waals surface area contributed by atoms with E-state index in [9.17, 15) is 9.59 Å². The highest BCUT2D eigenvalue weighted by Crippen LogP contribution is 2.27. The summed E-state index contributed by atoms with van der Waals surface area (Å²) in [6.45, 7) is 1.24. The van der Waals surface area contributed by atoms with Crippen LogP contribution in [0.3, 0.4) is 0 Å². The fourth-order valence-electron chi connectivity index (χ4n) is 1.09. The molecular formula is C11H10Cl2O4. The largest absolute Gasteiger partial charge is 0.471 e. The van der Waals surface area contributed by atoms with E-state index in [0.717, 1.165) is 0 Å². The molecule has 1 atom stereocenters. The molecule has 4 nitrogen and oxygen atoms in total. The van der Waals surface area contributed by atoms with E-state index in [1.807, 2.05) is 0 Å². The molecule has 0 amide bonds. The first-order chi connectivity index (χ1) is 7.95. The normalized spacial score (nSPS) is 11.8. The van der Waals surface area contributed by atoms with E-state index in [-0.39, 0.29) is 10.8 Å². The molecule has 1 aromatic rings. The van der Waals surface area contributed by atoms with Crippen molar-refractivity contribution in [2.24, 2.45) is 0 Å². The van der Waals surface area contributed by atoms with Gasteiger partial charge in [-0.1, -0.05) is 23.2 Å². The Morgan fingerprint density at radius 2 is 1.88 bits per heavy atom. The van der Waals surface area contributed by atoms with Crippen molar-refractivity contribution >= 4 is 35.0 Å². The summed E-state index contributed by atoms with van der Waals surface area (Å²) in [4.78, 5) is 22.5. The minimum absolute atomic E-state index is 0.269. The van der Waals surface area contributed by atoms with Crippen LogP contribution in [0.2, 0.25) is 10.0 Å². The fourth-order valence-corrected chi connectivity index (χ4v) is 1.38. The summed E-state index contributed by atoms with van der Waals surface area (Å²) in [6.07, 6.45) is -1.29. The molecule has 17 heavy (non-hydrogen) atoms. The third-order valence-electron chi connectivity index (χ3n) is 1.93. The van der Waals surface area contributed by atoms with Gasteiger partial charge in [-0.05, 0) is 19.1 Å².